The standard InChI is InChI=1S/C21H22N2O3/c24-16-23(26-15-18-9-5-2-6-10-18)19-14-21(11-12-22(21)20(19)25)13-17-7-3-1-4-8-17/h1-10,16,19H,11-15H2. The second-order valence-electron chi connectivity index (χ2n) is 7.07. The molecule has 2 aromatic rings. The molecule has 0 spiro atoms. The lowest BCUT2D eigenvalue weighted by Gasteiger charge is -2.48. The number of hydrogen-bond donors (Lipinski definition) is 0. The summed E-state index contributed by atoms with van der Waals surface area (Å²) < 4.78 is 0. The fourth-order valence-electron chi connectivity index (χ4n) is 4.07. The maximum Gasteiger partial charge on any atom is 0.248 e. The van der Waals surface area contributed by atoms with E-state index in [0.29, 0.717) is 12.8 Å². The quantitative estimate of drug-likeness (QED) is 0.570. The minimum absolute atomic E-state index is 0.00709. The van der Waals surface area contributed by atoms with Crippen molar-refractivity contribution in [2.75, 3.05) is 6.54 Å². The van der Waals surface area contributed by atoms with Crippen molar-refractivity contribution in [1.29, 1.82) is 0 Å². The summed E-state index contributed by atoms with van der Waals surface area (Å²) in [5, 5.41) is 1.21. The molecule has 0 aliphatic carbocycles. The number of fused-ring (bicyclic) bond motifs is 1. The highest BCUT2D eigenvalue weighted by Gasteiger charge is 2.58. The first-order valence-electron chi connectivity index (χ1n) is 8.98. The van der Waals surface area contributed by atoms with Crippen LogP contribution in [-0.2, 0) is 27.5 Å². The van der Waals surface area contributed by atoms with Gasteiger partial charge in [-0.1, -0.05) is 60.7 Å². The number of benzene rings is 2. The van der Waals surface area contributed by atoms with Gasteiger partial charge in [0, 0.05) is 13.0 Å². The second kappa shape index (κ2) is 6.92. The summed E-state index contributed by atoms with van der Waals surface area (Å²) in [6.45, 7) is 1.03. The van der Waals surface area contributed by atoms with Crippen molar-refractivity contribution >= 4 is 12.3 Å². The predicted molar refractivity (Wildman–Crippen MR) is 96.7 cm³/mol. The fraction of sp³-hybridized carbons (Fsp3) is 0.333. The lowest BCUT2D eigenvalue weighted by Crippen LogP contribution is -2.58. The molecule has 2 unspecified atom stereocenters. The van der Waals surface area contributed by atoms with Crippen molar-refractivity contribution in [2.24, 2.45) is 0 Å². The predicted octanol–water partition coefficient (Wildman–Crippen LogP) is 2.56. The second-order valence-corrected chi connectivity index (χ2v) is 7.07. The van der Waals surface area contributed by atoms with Gasteiger partial charge in [-0.3, -0.25) is 14.4 Å². The Morgan fingerprint density at radius 1 is 1.08 bits per heavy atom. The van der Waals surface area contributed by atoms with Gasteiger partial charge in [-0.05, 0) is 24.0 Å². The number of nitrogens with zero attached hydrogens (tertiary/aromatic N) is 2. The molecule has 26 heavy (non-hydrogen) atoms. The summed E-state index contributed by atoms with van der Waals surface area (Å²) in [5.41, 5.74) is 2.00. The van der Waals surface area contributed by atoms with E-state index in [9.17, 15) is 9.59 Å². The van der Waals surface area contributed by atoms with Gasteiger partial charge in [-0.15, -0.1) is 0 Å². The average Bonchev–Trinajstić information content (AvgIpc) is 2.84. The largest absolute Gasteiger partial charge is 0.335 e. The van der Waals surface area contributed by atoms with Gasteiger partial charge in [-0.25, -0.2) is 5.06 Å². The number of rotatable bonds is 7. The highest BCUT2D eigenvalue weighted by atomic mass is 16.7. The van der Waals surface area contributed by atoms with E-state index in [-0.39, 0.29) is 18.1 Å². The number of hydrogen-bond acceptors (Lipinski definition) is 3. The summed E-state index contributed by atoms with van der Waals surface area (Å²) in [6, 6.07) is 19.3. The molecule has 0 aromatic heterocycles. The fourth-order valence-corrected chi connectivity index (χ4v) is 4.07. The zero-order valence-corrected chi connectivity index (χ0v) is 14.6. The van der Waals surface area contributed by atoms with E-state index in [2.05, 4.69) is 12.1 Å². The van der Waals surface area contributed by atoms with Gasteiger partial charge in [0.1, 0.15) is 12.6 Å². The average molecular weight is 350 g/mol. The molecule has 2 fully saturated rings. The van der Waals surface area contributed by atoms with Gasteiger partial charge in [0.15, 0.2) is 0 Å². The first kappa shape index (κ1) is 16.8. The minimum Gasteiger partial charge on any atom is -0.335 e. The van der Waals surface area contributed by atoms with Crippen LogP contribution in [0.15, 0.2) is 60.7 Å². The number of amides is 2. The molecule has 5 nitrogen and oxygen atoms in total. The molecule has 2 aromatic carbocycles. The van der Waals surface area contributed by atoms with Crippen LogP contribution in [0.5, 0.6) is 0 Å². The van der Waals surface area contributed by atoms with Crippen LogP contribution in [0.1, 0.15) is 24.0 Å². The molecule has 2 amide bonds. The molecule has 2 heterocycles. The molecule has 2 aliphatic rings. The van der Waals surface area contributed by atoms with E-state index in [1.807, 2.05) is 53.4 Å². The Balaban J connectivity index is 1.46. The molecule has 0 saturated carbocycles. The number of hydroxylamine groups is 2. The van der Waals surface area contributed by atoms with Crippen molar-refractivity contribution in [3.05, 3.63) is 71.8 Å². The minimum atomic E-state index is -0.539. The first-order chi connectivity index (χ1) is 12.7. The normalized spacial score (nSPS) is 24.1. The van der Waals surface area contributed by atoms with Crippen LogP contribution in [0.25, 0.3) is 0 Å². The van der Waals surface area contributed by atoms with Crippen LogP contribution in [0.2, 0.25) is 0 Å². The van der Waals surface area contributed by atoms with E-state index in [1.165, 1.54) is 10.6 Å². The highest BCUT2D eigenvalue weighted by molar-refractivity contribution is 5.88. The molecular weight excluding hydrogens is 328 g/mol. The van der Waals surface area contributed by atoms with E-state index in [4.69, 9.17) is 4.84 Å². The summed E-state index contributed by atoms with van der Waals surface area (Å²) in [5.74, 6) is -0.00709. The number of carbonyl (C=O) groups is 2. The molecule has 5 heteroatoms. The van der Waals surface area contributed by atoms with Gasteiger partial charge >= 0.3 is 0 Å². The van der Waals surface area contributed by atoms with Crippen LogP contribution in [-0.4, -0.2) is 40.4 Å². The number of carbonyl (C=O) groups excluding carboxylic acids is 2. The molecule has 2 saturated heterocycles. The van der Waals surface area contributed by atoms with Gasteiger partial charge in [0.05, 0.1) is 5.54 Å². The Hall–Kier alpha value is -2.66. The highest BCUT2D eigenvalue weighted by Crippen LogP contribution is 2.45. The van der Waals surface area contributed by atoms with Crippen molar-refractivity contribution in [1.82, 2.24) is 9.96 Å². The monoisotopic (exact) mass is 350 g/mol. The van der Waals surface area contributed by atoms with Crippen molar-refractivity contribution in [3.63, 3.8) is 0 Å². The topological polar surface area (TPSA) is 49.9 Å². The van der Waals surface area contributed by atoms with Crippen molar-refractivity contribution in [3.8, 4) is 0 Å². The Labute approximate surface area is 153 Å². The van der Waals surface area contributed by atoms with E-state index < -0.39 is 6.04 Å². The molecule has 0 N–H and O–H groups in total. The summed E-state index contributed by atoms with van der Waals surface area (Å²) in [4.78, 5) is 32.0. The zero-order valence-electron chi connectivity index (χ0n) is 14.6. The third kappa shape index (κ3) is 2.99. The molecule has 0 radical (unpaired) electrons. The van der Waals surface area contributed by atoms with Gasteiger partial charge in [0.25, 0.3) is 0 Å². The summed E-state index contributed by atoms with van der Waals surface area (Å²) in [6.07, 6.45) is 3.04. The maximum absolute atomic E-state index is 12.8. The third-order valence-electron chi connectivity index (χ3n) is 5.51. The van der Waals surface area contributed by atoms with Crippen molar-refractivity contribution < 1.29 is 14.4 Å². The lowest BCUT2D eigenvalue weighted by molar-refractivity contribution is -0.194. The molecule has 134 valence electrons. The molecule has 2 aliphatic heterocycles. The Kier molecular flexibility index (Phi) is 4.47. The molecule has 0 bridgehead atoms. The van der Waals surface area contributed by atoms with Crippen LogP contribution < -0.4 is 0 Å². The van der Waals surface area contributed by atoms with Gasteiger partial charge in [0.2, 0.25) is 12.3 Å². The Morgan fingerprint density at radius 2 is 1.73 bits per heavy atom. The molecule has 2 atom stereocenters. The van der Waals surface area contributed by atoms with Crippen LogP contribution in [0.3, 0.4) is 0 Å². The summed E-state index contributed by atoms with van der Waals surface area (Å²) >= 11 is 0. The van der Waals surface area contributed by atoms with E-state index in [1.54, 1.807) is 0 Å². The Morgan fingerprint density at radius 3 is 2.31 bits per heavy atom. The zero-order chi connectivity index (χ0) is 18.0. The SMILES string of the molecule is O=CN(OCc1ccccc1)C1CC2(Cc3ccccc3)CCN2C1=O. The van der Waals surface area contributed by atoms with Gasteiger partial charge < -0.3 is 4.90 Å². The van der Waals surface area contributed by atoms with Gasteiger partial charge in [-0.2, -0.15) is 0 Å². The van der Waals surface area contributed by atoms with Crippen LogP contribution in [0.4, 0.5) is 0 Å². The summed E-state index contributed by atoms with van der Waals surface area (Å²) in [7, 11) is 0. The third-order valence-corrected chi connectivity index (χ3v) is 5.51. The molecular formula is C21H22N2O3. The smallest absolute Gasteiger partial charge is 0.248 e. The Bertz CT molecular complexity index is 780. The lowest BCUT2D eigenvalue weighted by atomic mass is 9.79. The molecule has 4 rings (SSSR count). The van der Waals surface area contributed by atoms with E-state index >= 15 is 0 Å². The van der Waals surface area contributed by atoms with Crippen molar-refractivity contribution in [2.45, 2.75) is 37.5 Å². The van der Waals surface area contributed by atoms with E-state index in [0.717, 1.165) is 24.9 Å². The van der Waals surface area contributed by atoms with Crippen LogP contribution >= 0.6 is 0 Å². The van der Waals surface area contributed by atoms with Crippen LogP contribution in [0, 0.1) is 0 Å². The maximum atomic E-state index is 12.8. The first-order valence-corrected chi connectivity index (χ1v) is 8.98.